The number of carbonyl (C=O) groups is 1. The van der Waals surface area contributed by atoms with E-state index in [1.54, 1.807) is 35.0 Å². The first-order valence-corrected chi connectivity index (χ1v) is 6.19. The molecule has 0 radical (unpaired) electrons. The molecule has 0 aliphatic carbocycles. The van der Waals surface area contributed by atoms with Crippen LogP contribution in [0.3, 0.4) is 0 Å². The summed E-state index contributed by atoms with van der Waals surface area (Å²) < 4.78 is 1.76. The lowest BCUT2D eigenvalue weighted by Gasteiger charge is -2.11. The van der Waals surface area contributed by atoms with Gasteiger partial charge < -0.3 is 9.67 Å². The summed E-state index contributed by atoms with van der Waals surface area (Å²) in [6.07, 6.45) is 2.29. The van der Waals surface area contributed by atoms with E-state index in [0.29, 0.717) is 27.8 Å². The molecule has 2 rings (SSSR count). The summed E-state index contributed by atoms with van der Waals surface area (Å²) in [5, 5.41) is 9.97. The molecule has 1 aromatic carbocycles. The van der Waals surface area contributed by atoms with E-state index in [1.807, 2.05) is 6.92 Å². The SMILES string of the molecule is CCc1c(C(=O)O)ccn1-c1cccc(Cl)c1Cl. The van der Waals surface area contributed by atoms with Gasteiger partial charge in [-0.05, 0) is 24.6 Å². The zero-order valence-corrected chi connectivity index (χ0v) is 11.2. The summed E-state index contributed by atoms with van der Waals surface area (Å²) in [4.78, 5) is 11.1. The summed E-state index contributed by atoms with van der Waals surface area (Å²) in [7, 11) is 0. The molecule has 0 atom stereocenters. The van der Waals surface area contributed by atoms with Crippen molar-refractivity contribution in [3.63, 3.8) is 0 Å². The smallest absolute Gasteiger partial charge is 0.337 e. The molecule has 1 N–H and O–H groups in total. The van der Waals surface area contributed by atoms with Crippen molar-refractivity contribution in [1.29, 1.82) is 0 Å². The third kappa shape index (κ3) is 2.11. The number of hydrogen-bond acceptors (Lipinski definition) is 1. The number of carboxylic acid groups (broad SMARTS) is 1. The lowest BCUT2D eigenvalue weighted by atomic mass is 10.2. The van der Waals surface area contributed by atoms with Crippen molar-refractivity contribution >= 4 is 29.2 Å². The Labute approximate surface area is 115 Å². The van der Waals surface area contributed by atoms with Crippen LogP contribution >= 0.6 is 23.2 Å². The molecular weight excluding hydrogens is 273 g/mol. The van der Waals surface area contributed by atoms with Gasteiger partial charge in [0.2, 0.25) is 0 Å². The highest BCUT2D eigenvalue weighted by Gasteiger charge is 2.16. The average molecular weight is 284 g/mol. The third-order valence-corrected chi connectivity index (χ3v) is 3.56. The Bertz CT molecular complexity index is 605. The van der Waals surface area contributed by atoms with Crippen LogP contribution in [0.5, 0.6) is 0 Å². The van der Waals surface area contributed by atoms with Crippen molar-refractivity contribution < 1.29 is 9.90 Å². The first kappa shape index (κ1) is 13.0. The van der Waals surface area contributed by atoms with Crippen molar-refractivity contribution in [3.05, 3.63) is 51.8 Å². The van der Waals surface area contributed by atoms with Gasteiger partial charge in [0.15, 0.2) is 0 Å². The normalized spacial score (nSPS) is 10.6. The molecule has 3 nitrogen and oxygen atoms in total. The number of carboxylic acids is 1. The predicted octanol–water partition coefficient (Wildman–Crippen LogP) is 4.04. The number of aromatic carboxylic acids is 1. The monoisotopic (exact) mass is 283 g/mol. The second kappa shape index (κ2) is 5.04. The molecule has 0 saturated heterocycles. The molecule has 0 aliphatic rings. The van der Waals surface area contributed by atoms with Crippen LogP contribution in [0.25, 0.3) is 5.69 Å². The fourth-order valence-electron chi connectivity index (χ4n) is 1.92. The second-order valence-corrected chi connectivity index (χ2v) is 4.56. The quantitative estimate of drug-likeness (QED) is 0.924. The van der Waals surface area contributed by atoms with Crippen LogP contribution < -0.4 is 0 Å². The summed E-state index contributed by atoms with van der Waals surface area (Å²) in [6, 6.07) is 6.85. The van der Waals surface area contributed by atoms with Gasteiger partial charge in [-0.3, -0.25) is 0 Å². The van der Waals surface area contributed by atoms with Gasteiger partial charge in [-0.1, -0.05) is 36.2 Å². The summed E-state index contributed by atoms with van der Waals surface area (Å²) >= 11 is 12.1. The van der Waals surface area contributed by atoms with Crippen molar-refractivity contribution in [1.82, 2.24) is 4.57 Å². The molecule has 2 aromatic rings. The average Bonchev–Trinajstić information content (AvgIpc) is 2.76. The maximum Gasteiger partial charge on any atom is 0.337 e. The lowest BCUT2D eigenvalue weighted by Crippen LogP contribution is -2.04. The van der Waals surface area contributed by atoms with Crippen LogP contribution in [0, 0.1) is 0 Å². The maximum absolute atomic E-state index is 11.1. The van der Waals surface area contributed by atoms with E-state index >= 15 is 0 Å². The number of nitrogens with zero attached hydrogens (tertiary/aromatic N) is 1. The Morgan fingerprint density at radius 1 is 1.33 bits per heavy atom. The van der Waals surface area contributed by atoms with Crippen molar-refractivity contribution in [3.8, 4) is 5.69 Å². The summed E-state index contributed by atoms with van der Waals surface area (Å²) in [6.45, 7) is 1.90. The molecule has 5 heteroatoms. The number of hydrogen-bond donors (Lipinski definition) is 1. The van der Waals surface area contributed by atoms with Crippen LogP contribution in [0.2, 0.25) is 10.0 Å². The number of benzene rings is 1. The Morgan fingerprint density at radius 2 is 2.06 bits per heavy atom. The minimum absolute atomic E-state index is 0.286. The fourth-order valence-corrected chi connectivity index (χ4v) is 2.31. The van der Waals surface area contributed by atoms with Gasteiger partial charge in [0, 0.05) is 11.9 Å². The first-order chi connectivity index (χ1) is 8.56. The third-order valence-electron chi connectivity index (χ3n) is 2.75. The largest absolute Gasteiger partial charge is 0.478 e. The molecule has 0 unspecified atom stereocenters. The molecule has 0 aliphatic heterocycles. The molecule has 18 heavy (non-hydrogen) atoms. The van der Waals surface area contributed by atoms with Gasteiger partial charge in [-0.25, -0.2) is 4.79 Å². The molecule has 1 heterocycles. The molecular formula is C13H11Cl2NO2. The van der Waals surface area contributed by atoms with Gasteiger partial charge in [-0.15, -0.1) is 0 Å². The highest BCUT2D eigenvalue weighted by molar-refractivity contribution is 6.43. The Morgan fingerprint density at radius 3 is 2.67 bits per heavy atom. The molecule has 0 saturated carbocycles. The van der Waals surface area contributed by atoms with Crippen LogP contribution in [-0.2, 0) is 6.42 Å². The zero-order valence-electron chi connectivity index (χ0n) is 9.65. The van der Waals surface area contributed by atoms with Gasteiger partial charge in [0.05, 0.1) is 21.3 Å². The van der Waals surface area contributed by atoms with Crippen LogP contribution in [0.1, 0.15) is 23.0 Å². The van der Waals surface area contributed by atoms with Crippen molar-refractivity contribution in [2.45, 2.75) is 13.3 Å². The first-order valence-electron chi connectivity index (χ1n) is 5.44. The highest BCUT2D eigenvalue weighted by Crippen LogP contribution is 2.30. The number of rotatable bonds is 3. The van der Waals surface area contributed by atoms with Gasteiger partial charge in [-0.2, -0.15) is 0 Å². The second-order valence-electron chi connectivity index (χ2n) is 3.78. The minimum Gasteiger partial charge on any atom is -0.478 e. The van der Waals surface area contributed by atoms with Gasteiger partial charge >= 0.3 is 5.97 Å². The van der Waals surface area contributed by atoms with Crippen LogP contribution in [-0.4, -0.2) is 15.6 Å². The van der Waals surface area contributed by atoms with E-state index in [2.05, 4.69) is 0 Å². The van der Waals surface area contributed by atoms with Crippen molar-refractivity contribution in [2.75, 3.05) is 0 Å². The lowest BCUT2D eigenvalue weighted by molar-refractivity contribution is 0.0696. The van der Waals surface area contributed by atoms with Crippen LogP contribution in [0.4, 0.5) is 0 Å². The number of halogens is 2. The highest BCUT2D eigenvalue weighted by atomic mass is 35.5. The number of aromatic nitrogens is 1. The zero-order chi connectivity index (χ0) is 13.3. The fraction of sp³-hybridized carbons (Fsp3) is 0.154. The minimum atomic E-state index is -0.941. The molecule has 94 valence electrons. The maximum atomic E-state index is 11.1. The Kier molecular flexibility index (Phi) is 3.64. The van der Waals surface area contributed by atoms with Crippen molar-refractivity contribution in [2.24, 2.45) is 0 Å². The van der Waals surface area contributed by atoms with E-state index in [9.17, 15) is 4.79 Å². The molecule has 0 bridgehead atoms. The molecule has 1 aromatic heterocycles. The van der Waals surface area contributed by atoms with Gasteiger partial charge in [0.1, 0.15) is 0 Å². The van der Waals surface area contributed by atoms with E-state index in [0.717, 1.165) is 0 Å². The van der Waals surface area contributed by atoms with Gasteiger partial charge in [0.25, 0.3) is 0 Å². The molecule has 0 amide bonds. The predicted molar refractivity (Wildman–Crippen MR) is 72.1 cm³/mol. The summed E-state index contributed by atoms with van der Waals surface area (Å²) in [5.41, 5.74) is 1.67. The Hall–Kier alpha value is -1.45. The topological polar surface area (TPSA) is 42.2 Å². The molecule has 0 fully saturated rings. The Balaban J connectivity index is 2.65. The standard InChI is InChI=1S/C13H11Cl2NO2/c1-2-10-8(13(17)18)6-7-16(10)11-5-3-4-9(14)12(11)15/h3-7H,2H2,1H3,(H,17,18). The van der Waals surface area contributed by atoms with E-state index < -0.39 is 5.97 Å². The van der Waals surface area contributed by atoms with E-state index in [1.165, 1.54) is 0 Å². The molecule has 0 spiro atoms. The summed E-state index contributed by atoms with van der Waals surface area (Å²) in [5.74, 6) is -0.941. The van der Waals surface area contributed by atoms with E-state index in [4.69, 9.17) is 28.3 Å². The van der Waals surface area contributed by atoms with Crippen LogP contribution in [0.15, 0.2) is 30.5 Å². The van der Waals surface area contributed by atoms with E-state index in [-0.39, 0.29) is 5.56 Å².